The number of aromatic nitrogens is 1. The zero-order valence-corrected chi connectivity index (χ0v) is 16.5. The van der Waals surface area contributed by atoms with Crippen molar-refractivity contribution >= 4 is 11.6 Å². The Morgan fingerprint density at radius 3 is 2.36 bits per heavy atom. The molecule has 28 heavy (non-hydrogen) atoms. The van der Waals surface area contributed by atoms with Crippen molar-refractivity contribution in [3.8, 4) is 16.9 Å². The van der Waals surface area contributed by atoms with Gasteiger partial charge in [0.05, 0.1) is 12.7 Å². The number of carbonyl (C=O) groups excluding carboxylic acids is 1. The number of hydrogen-bond donors (Lipinski definition) is 2. The number of pyridine rings is 1. The van der Waals surface area contributed by atoms with Gasteiger partial charge >= 0.3 is 0 Å². The third-order valence-corrected chi connectivity index (χ3v) is 4.51. The van der Waals surface area contributed by atoms with Crippen molar-refractivity contribution in [1.29, 1.82) is 0 Å². The van der Waals surface area contributed by atoms with Crippen molar-refractivity contribution < 1.29 is 9.53 Å². The molecule has 0 saturated carbocycles. The molecule has 144 valence electrons. The SMILES string of the molecule is COc1c(C(=O)Nc2ccccc2)cc(-c2ccc[nH]c2=O)cc1C(C)(C)C. The van der Waals surface area contributed by atoms with Gasteiger partial charge in [-0.3, -0.25) is 9.59 Å². The highest BCUT2D eigenvalue weighted by atomic mass is 16.5. The van der Waals surface area contributed by atoms with Crippen molar-refractivity contribution in [2.24, 2.45) is 0 Å². The highest BCUT2D eigenvalue weighted by Crippen LogP contribution is 2.37. The summed E-state index contributed by atoms with van der Waals surface area (Å²) in [5, 5.41) is 2.90. The summed E-state index contributed by atoms with van der Waals surface area (Å²) in [7, 11) is 1.55. The number of nitrogens with one attached hydrogen (secondary N) is 2. The Labute approximate surface area is 164 Å². The van der Waals surface area contributed by atoms with Crippen molar-refractivity contribution in [2.75, 3.05) is 12.4 Å². The van der Waals surface area contributed by atoms with Gasteiger partial charge in [-0.15, -0.1) is 0 Å². The summed E-state index contributed by atoms with van der Waals surface area (Å²) >= 11 is 0. The average molecular weight is 376 g/mol. The highest BCUT2D eigenvalue weighted by molar-refractivity contribution is 6.07. The van der Waals surface area contributed by atoms with Crippen LogP contribution in [-0.2, 0) is 5.41 Å². The first kappa shape index (κ1) is 19.4. The number of H-pyrrole nitrogens is 1. The zero-order chi connectivity index (χ0) is 20.3. The van der Waals surface area contributed by atoms with Crippen molar-refractivity contribution in [1.82, 2.24) is 4.98 Å². The van der Waals surface area contributed by atoms with Gasteiger partial charge in [-0.1, -0.05) is 39.0 Å². The fourth-order valence-corrected chi connectivity index (χ4v) is 3.10. The molecule has 0 aliphatic rings. The third kappa shape index (κ3) is 3.98. The van der Waals surface area contributed by atoms with E-state index in [1.54, 1.807) is 31.5 Å². The van der Waals surface area contributed by atoms with Crippen LogP contribution < -0.4 is 15.6 Å². The van der Waals surface area contributed by atoms with E-state index in [0.29, 0.717) is 28.1 Å². The second-order valence-electron chi connectivity index (χ2n) is 7.59. The van der Waals surface area contributed by atoms with E-state index in [1.807, 2.05) is 57.2 Å². The van der Waals surface area contributed by atoms with Crippen LogP contribution in [-0.4, -0.2) is 18.0 Å². The molecular formula is C23H24N2O3. The topological polar surface area (TPSA) is 71.2 Å². The number of aromatic amines is 1. The van der Waals surface area contributed by atoms with E-state index in [-0.39, 0.29) is 16.9 Å². The van der Waals surface area contributed by atoms with E-state index in [2.05, 4.69) is 10.3 Å². The van der Waals surface area contributed by atoms with Crippen LogP contribution in [0, 0.1) is 0 Å². The number of rotatable bonds is 4. The van der Waals surface area contributed by atoms with Crippen molar-refractivity contribution in [3.05, 3.63) is 82.3 Å². The Kier molecular flexibility index (Phi) is 5.36. The number of carbonyl (C=O) groups is 1. The summed E-state index contributed by atoms with van der Waals surface area (Å²) in [5.41, 5.74) is 2.61. The summed E-state index contributed by atoms with van der Waals surface area (Å²) in [6.07, 6.45) is 1.59. The molecule has 0 saturated heterocycles. The molecule has 2 N–H and O–H groups in total. The minimum atomic E-state index is -0.289. The van der Waals surface area contributed by atoms with Gasteiger partial charge in [0.1, 0.15) is 5.75 Å². The summed E-state index contributed by atoms with van der Waals surface area (Å²) in [6.45, 7) is 6.13. The lowest BCUT2D eigenvalue weighted by molar-refractivity contribution is 0.102. The second kappa shape index (κ2) is 7.72. The van der Waals surface area contributed by atoms with Crippen LogP contribution in [0.5, 0.6) is 5.75 Å². The fourth-order valence-electron chi connectivity index (χ4n) is 3.10. The van der Waals surface area contributed by atoms with Crippen LogP contribution in [0.15, 0.2) is 65.6 Å². The molecule has 0 fully saturated rings. The molecule has 1 heterocycles. The minimum absolute atomic E-state index is 0.207. The first-order valence-corrected chi connectivity index (χ1v) is 9.08. The highest BCUT2D eigenvalue weighted by Gasteiger charge is 2.26. The molecule has 0 aliphatic heterocycles. The van der Waals surface area contributed by atoms with Gasteiger partial charge in [-0.2, -0.15) is 0 Å². The predicted molar refractivity (Wildman–Crippen MR) is 112 cm³/mol. The van der Waals surface area contributed by atoms with Gasteiger partial charge in [0.15, 0.2) is 0 Å². The Balaban J connectivity index is 2.19. The van der Waals surface area contributed by atoms with Crippen LogP contribution >= 0.6 is 0 Å². The van der Waals surface area contributed by atoms with E-state index < -0.39 is 0 Å². The zero-order valence-electron chi connectivity index (χ0n) is 16.5. The summed E-state index contributed by atoms with van der Waals surface area (Å²) in [6, 6.07) is 16.4. The fraction of sp³-hybridized carbons (Fsp3) is 0.217. The predicted octanol–water partition coefficient (Wildman–Crippen LogP) is 4.60. The van der Waals surface area contributed by atoms with Gasteiger partial charge < -0.3 is 15.0 Å². The Morgan fingerprint density at radius 1 is 1.04 bits per heavy atom. The number of anilines is 1. The standard InChI is InChI=1S/C23H24N2O3/c1-23(2,3)19-14-15(17-11-8-12-24-21(17)26)13-18(20(19)28-4)22(27)25-16-9-6-5-7-10-16/h5-14H,1-4H3,(H,24,26)(H,25,27). The van der Waals surface area contributed by atoms with E-state index >= 15 is 0 Å². The monoisotopic (exact) mass is 376 g/mol. The molecule has 3 aromatic rings. The van der Waals surface area contributed by atoms with Gasteiger partial charge in [0.25, 0.3) is 11.5 Å². The molecule has 0 atom stereocenters. The third-order valence-electron chi connectivity index (χ3n) is 4.51. The molecule has 0 unspecified atom stereocenters. The molecule has 1 amide bonds. The second-order valence-corrected chi connectivity index (χ2v) is 7.59. The van der Waals surface area contributed by atoms with Gasteiger partial charge in [-0.05, 0) is 47.4 Å². The molecule has 3 rings (SSSR count). The summed E-state index contributed by atoms with van der Waals surface area (Å²) in [5.74, 6) is 0.222. The first-order valence-electron chi connectivity index (χ1n) is 9.08. The van der Waals surface area contributed by atoms with Gasteiger partial charge in [-0.25, -0.2) is 0 Å². The molecule has 0 bridgehead atoms. The normalized spacial score (nSPS) is 11.1. The molecule has 5 heteroatoms. The van der Waals surface area contributed by atoms with Crippen molar-refractivity contribution in [3.63, 3.8) is 0 Å². The number of ether oxygens (including phenoxy) is 1. The number of para-hydroxylation sites is 1. The van der Waals surface area contributed by atoms with Crippen LogP contribution in [0.25, 0.3) is 11.1 Å². The van der Waals surface area contributed by atoms with E-state index in [4.69, 9.17) is 4.74 Å². The number of benzene rings is 2. The van der Waals surface area contributed by atoms with E-state index in [0.717, 1.165) is 5.56 Å². The summed E-state index contributed by atoms with van der Waals surface area (Å²) < 4.78 is 5.64. The van der Waals surface area contributed by atoms with E-state index in [9.17, 15) is 9.59 Å². The lowest BCUT2D eigenvalue weighted by Gasteiger charge is -2.25. The number of amides is 1. The number of hydrogen-bond acceptors (Lipinski definition) is 3. The maximum Gasteiger partial charge on any atom is 0.259 e. The van der Waals surface area contributed by atoms with E-state index in [1.165, 1.54) is 0 Å². The van der Waals surface area contributed by atoms with Gasteiger partial charge in [0.2, 0.25) is 0 Å². The molecule has 0 radical (unpaired) electrons. The maximum absolute atomic E-state index is 13.1. The Hall–Kier alpha value is -3.34. The molecule has 2 aromatic carbocycles. The molecular weight excluding hydrogens is 352 g/mol. The quantitative estimate of drug-likeness (QED) is 0.699. The number of methoxy groups -OCH3 is 1. The average Bonchev–Trinajstić information content (AvgIpc) is 2.67. The lowest BCUT2D eigenvalue weighted by Crippen LogP contribution is -2.19. The molecule has 0 spiro atoms. The minimum Gasteiger partial charge on any atom is -0.496 e. The Bertz CT molecular complexity index is 1050. The largest absolute Gasteiger partial charge is 0.496 e. The van der Waals surface area contributed by atoms with Crippen LogP contribution in [0.1, 0.15) is 36.7 Å². The molecule has 0 aliphatic carbocycles. The van der Waals surface area contributed by atoms with Gasteiger partial charge in [0, 0.05) is 23.0 Å². The van der Waals surface area contributed by atoms with Crippen molar-refractivity contribution in [2.45, 2.75) is 26.2 Å². The Morgan fingerprint density at radius 2 is 1.75 bits per heavy atom. The smallest absolute Gasteiger partial charge is 0.259 e. The van der Waals surface area contributed by atoms with Crippen LogP contribution in [0.2, 0.25) is 0 Å². The van der Waals surface area contributed by atoms with Crippen LogP contribution in [0.4, 0.5) is 5.69 Å². The lowest BCUT2D eigenvalue weighted by atomic mass is 9.83. The molecule has 1 aromatic heterocycles. The summed E-state index contributed by atoms with van der Waals surface area (Å²) in [4.78, 5) is 28.1. The molecule has 5 nitrogen and oxygen atoms in total. The first-order chi connectivity index (χ1) is 13.3. The maximum atomic E-state index is 13.1. The van der Waals surface area contributed by atoms with Crippen LogP contribution in [0.3, 0.4) is 0 Å².